The van der Waals surface area contributed by atoms with Gasteiger partial charge in [0.15, 0.2) is 5.41 Å². The maximum absolute atomic E-state index is 12.1. The molecular weight excluding hydrogens is 220 g/mol. The van der Waals surface area contributed by atoms with Crippen LogP contribution in [0.25, 0.3) is 0 Å². The number of carbonyl (C=O) groups excluding carboxylic acids is 1. The number of methoxy groups -OCH3 is 1. The van der Waals surface area contributed by atoms with Gasteiger partial charge in [0.2, 0.25) is 0 Å². The van der Waals surface area contributed by atoms with Crippen molar-refractivity contribution < 1.29 is 19.4 Å². The first-order valence-electron chi connectivity index (χ1n) is 6.40. The highest BCUT2D eigenvalue weighted by Crippen LogP contribution is 2.62. The van der Waals surface area contributed by atoms with E-state index in [2.05, 4.69) is 0 Å². The fraction of sp³-hybridized carbons (Fsp3) is 0.846. The van der Waals surface area contributed by atoms with Gasteiger partial charge in [-0.2, -0.15) is 0 Å². The number of aliphatic carboxylic acids is 1. The number of rotatable bonds is 2. The molecule has 0 heterocycles. The summed E-state index contributed by atoms with van der Waals surface area (Å²) in [6.45, 7) is 0. The maximum atomic E-state index is 12.1. The molecule has 0 radical (unpaired) electrons. The second-order valence-electron chi connectivity index (χ2n) is 5.97. The average molecular weight is 238 g/mol. The number of ether oxygens (including phenoxy) is 1. The summed E-state index contributed by atoms with van der Waals surface area (Å²) < 4.78 is 4.82. The van der Waals surface area contributed by atoms with Crippen molar-refractivity contribution in [3.8, 4) is 0 Å². The fourth-order valence-electron chi connectivity index (χ4n) is 4.87. The van der Waals surface area contributed by atoms with Crippen LogP contribution in [0.1, 0.15) is 32.1 Å². The topological polar surface area (TPSA) is 63.6 Å². The summed E-state index contributed by atoms with van der Waals surface area (Å²) in [5, 5.41) is 9.60. The molecule has 0 unspecified atom stereocenters. The lowest BCUT2D eigenvalue weighted by Crippen LogP contribution is -2.60. The quantitative estimate of drug-likeness (QED) is 0.587. The van der Waals surface area contributed by atoms with E-state index in [4.69, 9.17) is 4.74 Å². The normalized spacial score (nSPS) is 46.9. The van der Waals surface area contributed by atoms with Crippen molar-refractivity contribution in [1.29, 1.82) is 0 Å². The highest BCUT2D eigenvalue weighted by atomic mass is 16.5. The summed E-state index contributed by atoms with van der Waals surface area (Å²) in [6, 6.07) is 0. The highest BCUT2D eigenvalue weighted by molar-refractivity contribution is 6.00. The molecule has 4 fully saturated rings. The summed E-state index contributed by atoms with van der Waals surface area (Å²) in [6.07, 6.45) is 4.83. The molecule has 0 aromatic heterocycles. The fourth-order valence-corrected chi connectivity index (χ4v) is 4.87. The van der Waals surface area contributed by atoms with Gasteiger partial charge in [-0.25, -0.2) is 0 Å². The van der Waals surface area contributed by atoms with E-state index in [1.165, 1.54) is 13.5 Å². The third-order valence-electron chi connectivity index (χ3n) is 5.30. The predicted molar refractivity (Wildman–Crippen MR) is 59.1 cm³/mol. The number of carbonyl (C=O) groups is 2. The standard InChI is InChI=1S/C13H18O4/c1-17-12(16)13(11(14)15)9-3-7-2-8(5-9)6-10(13)4-7/h7-10H,2-6H2,1H3,(H,14,15)/t7-,8+,9-,10+,13?. The zero-order chi connectivity index (χ0) is 12.2. The minimum atomic E-state index is -1.23. The van der Waals surface area contributed by atoms with Crippen LogP contribution >= 0.6 is 0 Å². The molecule has 4 saturated carbocycles. The lowest BCUT2D eigenvalue weighted by Gasteiger charge is -2.57. The van der Waals surface area contributed by atoms with Gasteiger partial charge in [-0.1, -0.05) is 0 Å². The molecule has 1 N–H and O–H groups in total. The van der Waals surface area contributed by atoms with E-state index >= 15 is 0 Å². The Labute approximate surface area is 100 Å². The molecule has 0 spiro atoms. The molecule has 94 valence electrons. The molecule has 4 aliphatic carbocycles. The Morgan fingerprint density at radius 2 is 1.53 bits per heavy atom. The van der Waals surface area contributed by atoms with E-state index in [9.17, 15) is 14.7 Å². The van der Waals surface area contributed by atoms with Gasteiger partial charge < -0.3 is 9.84 Å². The van der Waals surface area contributed by atoms with Crippen LogP contribution in [0.15, 0.2) is 0 Å². The molecule has 0 saturated heterocycles. The third-order valence-corrected chi connectivity index (χ3v) is 5.30. The summed E-state index contributed by atoms with van der Waals surface area (Å²) in [5.74, 6) is -0.173. The summed E-state index contributed by atoms with van der Waals surface area (Å²) >= 11 is 0. The van der Waals surface area contributed by atoms with E-state index in [0.29, 0.717) is 11.8 Å². The Balaban J connectivity index is 2.04. The highest BCUT2D eigenvalue weighted by Gasteiger charge is 2.66. The van der Waals surface area contributed by atoms with Crippen molar-refractivity contribution >= 4 is 11.9 Å². The molecule has 4 nitrogen and oxygen atoms in total. The van der Waals surface area contributed by atoms with E-state index in [0.717, 1.165) is 25.7 Å². The molecule has 17 heavy (non-hydrogen) atoms. The lowest BCUT2D eigenvalue weighted by atomic mass is 9.45. The van der Waals surface area contributed by atoms with Crippen LogP contribution in [0.2, 0.25) is 0 Å². The van der Waals surface area contributed by atoms with Crippen molar-refractivity contribution in [2.45, 2.75) is 32.1 Å². The Kier molecular flexibility index (Phi) is 2.25. The molecule has 0 amide bonds. The van der Waals surface area contributed by atoms with Crippen molar-refractivity contribution in [1.82, 2.24) is 0 Å². The minimum Gasteiger partial charge on any atom is -0.480 e. The third kappa shape index (κ3) is 1.24. The number of carboxylic acids is 1. The first kappa shape index (κ1) is 11.1. The summed E-state index contributed by atoms with van der Waals surface area (Å²) in [5.41, 5.74) is -1.23. The SMILES string of the molecule is COC(=O)C1(C(=O)O)[C@H]2C[C@@H]3C[C@@H](C[C@H]1C3)C2. The van der Waals surface area contributed by atoms with Crippen molar-refractivity contribution in [2.75, 3.05) is 7.11 Å². The second-order valence-corrected chi connectivity index (χ2v) is 5.97. The predicted octanol–water partition coefficient (Wildman–Crippen LogP) is 1.69. The number of hydrogen-bond acceptors (Lipinski definition) is 3. The molecule has 4 aliphatic rings. The molecule has 4 heteroatoms. The van der Waals surface area contributed by atoms with Crippen LogP contribution in [-0.2, 0) is 14.3 Å². The Morgan fingerprint density at radius 1 is 1.06 bits per heavy atom. The first-order valence-corrected chi connectivity index (χ1v) is 6.40. The molecule has 4 bridgehead atoms. The van der Waals surface area contributed by atoms with Crippen LogP contribution < -0.4 is 0 Å². The number of esters is 1. The van der Waals surface area contributed by atoms with E-state index < -0.39 is 17.4 Å². The summed E-state index contributed by atoms with van der Waals surface area (Å²) in [4.78, 5) is 23.8. The van der Waals surface area contributed by atoms with E-state index in [-0.39, 0.29) is 11.8 Å². The van der Waals surface area contributed by atoms with Gasteiger partial charge in [0, 0.05) is 0 Å². The molecule has 4 rings (SSSR count). The van der Waals surface area contributed by atoms with Crippen molar-refractivity contribution in [2.24, 2.45) is 29.1 Å². The van der Waals surface area contributed by atoms with Gasteiger partial charge in [0.25, 0.3) is 0 Å². The average Bonchev–Trinajstić information content (AvgIpc) is 2.27. The smallest absolute Gasteiger partial charge is 0.323 e. The van der Waals surface area contributed by atoms with Gasteiger partial charge >= 0.3 is 11.9 Å². The van der Waals surface area contributed by atoms with Gasteiger partial charge in [0.1, 0.15) is 0 Å². The zero-order valence-electron chi connectivity index (χ0n) is 10.0. The Hall–Kier alpha value is -1.06. The van der Waals surface area contributed by atoms with E-state index in [1.807, 2.05) is 0 Å². The number of hydrogen-bond donors (Lipinski definition) is 1. The van der Waals surface area contributed by atoms with Crippen molar-refractivity contribution in [3.05, 3.63) is 0 Å². The molecule has 0 aliphatic heterocycles. The largest absolute Gasteiger partial charge is 0.480 e. The monoisotopic (exact) mass is 238 g/mol. The molecular formula is C13H18O4. The van der Waals surface area contributed by atoms with Crippen LogP contribution in [0.3, 0.4) is 0 Å². The molecule has 0 atom stereocenters. The lowest BCUT2D eigenvalue weighted by molar-refractivity contribution is -0.195. The van der Waals surface area contributed by atoms with Gasteiger partial charge in [-0.05, 0) is 55.8 Å². The maximum Gasteiger partial charge on any atom is 0.323 e. The van der Waals surface area contributed by atoms with Crippen LogP contribution in [-0.4, -0.2) is 24.2 Å². The van der Waals surface area contributed by atoms with Crippen LogP contribution in [0.4, 0.5) is 0 Å². The van der Waals surface area contributed by atoms with Crippen molar-refractivity contribution in [3.63, 3.8) is 0 Å². The minimum absolute atomic E-state index is 0.00343. The van der Waals surface area contributed by atoms with Crippen LogP contribution in [0.5, 0.6) is 0 Å². The van der Waals surface area contributed by atoms with E-state index in [1.54, 1.807) is 0 Å². The second kappa shape index (κ2) is 3.47. The zero-order valence-corrected chi connectivity index (χ0v) is 10.0. The number of carboxylic acid groups (broad SMARTS) is 1. The van der Waals surface area contributed by atoms with Gasteiger partial charge in [0.05, 0.1) is 7.11 Å². The van der Waals surface area contributed by atoms with Gasteiger partial charge in [-0.15, -0.1) is 0 Å². The van der Waals surface area contributed by atoms with Gasteiger partial charge in [-0.3, -0.25) is 9.59 Å². The Bertz CT molecular complexity index is 346. The van der Waals surface area contributed by atoms with Crippen LogP contribution in [0, 0.1) is 29.1 Å². The molecule has 0 aromatic rings. The Morgan fingerprint density at radius 3 is 1.88 bits per heavy atom. The molecule has 0 aromatic carbocycles. The first-order chi connectivity index (χ1) is 8.08. The summed E-state index contributed by atoms with van der Waals surface area (Å²) in [7, 11) is 1.30.